The maximum absolute atomic E-state index is 12.9. The lowest BCUT2D eigenvalue weighted by molar-refractivity contribution is -0.167. The second-order valence-corrected chi connectivity index (χ2v) is 23.4. The maximum atomic E-state index is 12.9. The highest BCUT2D eigenvalue weighted by molar-refractivity contribution is 5.71. The molecule has 472 valence electrons. The van der Waals surface area contributed by atoms with Crippen LogP contribution >= 0.6 is 0 Å². The van der Waals surface area contributed by atoms with Gasteiger partial charge in [0, 0.05) is 19.3 Å². The third-order valence-corrected chi connectivity index (χ3v) is 15.3. The van der Waals surface area contributed by atoms with E-state index in [4.69, 9.17) is 14.2 Å². The Kier molecular flexibility index (Phi) is 66.7. The molecule has 0 aliphatic heterocycles. The zero-order valence-corrected chi connectivity index (χ0v) is 54.2. The smallest absolute Gasteiger partial charge is 0.306 e. The van der Waals surface area contributed by atoms with Gasteiger partial charge in [-0.3, -0.25) is 14.4 Å². The zero-order chi connectivity index (χ0) is 59.2. The van der Waals surface area contributed by atoms with E-state index in [-0.39, 0.29) is 31.1 Å². The molecule has 0 aromatic rings. The first-order chi connectivity index (χ1) is 40.5. The molecule has 0 heterocycles. The van der Waals surface area contributed by atoms with Crippen molar-refractivity contribution in [2.45, 2.75) is 354 Å². The molecule has 0 aromatic carbocycles. The molecule has 0 aliphatic carbocycles. The topological polar surface area (TPSA) is 78.9 Å². The molecule has 0 N–H and O–H groups in total. The average molecular weight is 1140 g/mol. The van der Waals surface area contributed by atoms with Gasteiger partial charge in [-0.05, 0) is 103 Å². The Morgan fingerprint density at radius 1 is 0.256 bits per heavy atom. The minimum Gasteiger partial charge on any atom is -0.462 e. The Hall–Kier alpha value is -3.67. The summed E-state index contributed by atoms with van der Waals surface area (Å²) in [6.07, 6.45) is 94.3. The summed E-state index contributed by atoms with van der Waals surface area (Å²) in [5.74, 6) is -0.875. The molecule has 82 heavy (non-hydrogen) atoms. The summed E-state index contributed by atoms with van der Waals surface area (Å²) < 4.78 is 17.0. The summed E-state index contributed by atoms with van der Waals surface area (Å²) in [5, 5.41) is 0. The van der Waals surface area contributed by atoms with E-state index in [0.717, 1.165) is 116 Å². The molecule has 0 aliphatic rings. The van der Waals surface area contributed by atoms with Crippen LogP contribution in [0.1, 0.15) is 348 Å². The first kappa shape index (κ1) is 78.3. The van der Waals surface area contributed by atoms with Crippen LogP contribution in [-0.4, -0.2) is 37.2 Å². The maximum Gasteiger partial charge on any atom is 0.306 e. The van der Waals surface area contributed by atoms with Gasteiger partial charge in [0.25, 0.3) is 0 Å². The number of carbonyl (C=O) groups is 3. The molecule has 0 aromatic heterocycles. The summed E-state index contributed by atoms with van der Waals surface area (Å²) in [6.45, 7) is 6.54. The predicted molar refractivity (Wildman–Crippen MR) is 357 cm³/mol. The fourth-order valence-corrected chi connectivity index (χ4v) is 10.1. The van der Waals surface area contributed by atoms with Crippen molar-refractivity contribution in [2.24, 2.45) is 0 Å². The quantitative estimate of drug-likeness (QED) is 0.0261. The van der Waals surface area contributed by atoms with E-state index in [2.05, 4.69) is 118 Å². The number of hydrogen-bond acceptors (Lipinski definition) is 6. The summed E-state index contributed by atoms with van der Waals surface area (Å²) in [4.78, 5) is 38.4. The van der Waals surface area contributed by atoms with Gasteiger partial charge in [-0.25, -0.2) is 0 Å². The van der Waals surface area contributed by atoms with Gasteiger partial charge in [0.1, 0.15) is 13.2 Å². The van der Waals surface area contributed by atoms with Crippen LogP contribution in [0, 0.1) is 0 Å². The highest BCUT2D eigenvalue weighted by Gasteiger charge is 2.19. The molecular weight excluding hydrogens is 1010 g/mol. The molecule has 1 unspecified atom stereocenters. The standard InChI is InChI=1S/C76H132O6/c1-4-7-10-13-16-19-22-25-27-29-31-33-34-35-36-37-38-39-40-41-42-44-45-47-49-51-54-57-60-63-66-69-75(78)81-72-73(71-80-74(77)68-65-62-59-56-53-24-21-18-15-12-9-6-3)82-76(79)70-67-64-61-58-55-52-50-48-46-43-32-30-28-26-23-20-17-14-11-8-5-2/h7,10,16,19,23,25-27,30-33,35-36,46,48,73H,4-6,8-9,11-15,17-18,20-22,24,28-29,34,37-45,47,49-72H2,1-3H3/b10-7-,19-16-,26-23-,27-25-,32-30-,33-31-,36-35-,48-46-. The van der Waals surface area contributed by atoms with Gasteiger partial charge in [0.15, 0.2) is 6.10 Å². The molecule has 0 saturated carbocycles. The van der Waals surface area contributed by atoms with Crippen LogP contribution < -0.4 is 0 Å². The van der Waals surface area contributed by atoms with Crippen molar-refractivity contribution < 1.29 is 28.6 Å². The van der Waals surface area contributed by atoms with Crippen molar-refractivity contribution in [1.82, 2.24) is 0 Å². The number of rotatable bonds is 64. The molecular formula is C76H132O6. The molecule has 0 fully saturated rings. The van der Waals surface area contributed by atoms with Crippen molar-refractivity contribution >= 4 is 17.9 Å². The summed E-state index contributed by atoms with van der Waals surface area (Å²) in [7, 11) is 0. The van der Waals surface area contributed by atoms with Crippen LogP contribution in [0.3, 0.4) is 0 Å². The number of allylic oxidation sites excluding steroid dienone is 16. The Labute approximate surface area is 508 Å². The molecule has 0 amide bonds. The Morgan fingerprint density at radius 3 is 0.744 bits per heavy atom. The van der Waals surface area contributed by atoms with Crippen LogP contribution in [0.2, 0.25) is 0 Å². The van der Waals surface area contributed by atoms with Crippen molar-refractivity contribution in [3.8, 4) is 0 Å². The Balaban J connectivity index is 4.23. The van der Waals surface area contributed by atoms with Gasteiger partial charge in [-0.1, -0.05) is 323 Å². The third kappa shape index (κ3) is 67.1. The van der Waals surface area contributed by atoms with Crippen molar-refractivity contribution in [2.75, 3.05) is 13.2 Å². The lowest BCUT2D eigenvalue weighted by atomic mass is 10.0. The number of unbranched alkanes of at least 4 members (excludes halogenated alkanes) is 37. The molecule has 0 radical (unpaired) electrons. The molecule has 1 atom stereocenters. The van der Waals surface area contributed by atoms with Crippen LogP contribution in [0.5, 0.6) is 0 Å². The van der Waals surface area contributed by atoms with Crippen LogP contribution in [0.4, 0.5) is 0 Å². The van der Waals surface area contributed by atoms with E-state index in [1.54, 1.807) is 0 Å². The van der Waals surface area contributed by atoms with E-state index >= 15 is 0 Å². The monoisotopic (exact) mass is 1140 g/mol. The van der Waals surface area contributed by atoms with Crippen LogP contribution in [0.25, 0.3) is 0 Å². The fraction of sp³-hybridized carbons (Fsp3) is 0.750. The molecule has 0 rings (SSSR count). The van der Waals surface area contributed by atoms with E-state index in [9.17, 15) is 14.4 Å². The average Bonchev–Trinajstić information content (AvgIpc) is 3.47. The van der Waals surface area contributed by atoms with Crippen LogP contribution in [-0.2, 0) is 28.6 Å². The highest BCUT2D eigenvalue weighted by Crippen LogP contribution is 2.17. The fourth-order valence-electron chi connectivity index (χ4n) is 10.1. The SMILES string of the molecule is CC/C=C\C/C=C\C/C=C\C/C=C\C/C=C\CCCCCCCCCCCCCCCCCC(=O)OCC(COC(=O)CCCCCCCCCCCCCC)OC(=O)CCCCCCCC/C=C\C/C=C\C/C=C\CCCCCCC. The minimum atomic E-state index is -0.783. The Bertz CT molecular complexity index is 1590. The summed E-state index contributed by atoms with van der Waals surface area (Å²) in [5.41, 5.74) is 0. The normalized spacial score (nSPS) is 12.7. The third-order valence-electron chi connectivity index (χ3n) is 15.3. The second kappa shape index (κ2) is 69.8. The number of carbonyl (C=O) groups excluding carboxylic acids is 3. The highest BCUT2D eigenvalue weighted by atomic mass is 16.6. The van der Waals surface area contributed by atoms with Crippen molar-refractivity contribution in [3.63, 3.8) is 0 Å². The van der Waals surface area contributed by atoms with E-state index in [0.29, 0.717) is 19.3 Å². The van der Waals surface area contributed by atoms with E-state index in [1.165, 1.54) is 193 Å². The predicted octanol–water partition coefficient (Wildman–Crippen LogP) is 24.4. The lowest BCUT2D eigenvalue weighted by Gasteiger charge is -2.18. The van der Waals surface area contributed by atoms with Gasteiger partial charge in [0.2, 0.25) is 0 Å². The molecule has 6 nitrogen and oxygen atoms in total. The lowest BCUT2D eigenvalue weighted by Crippen LogP contribution is -2.30. The van der Waals surface area contributed by atoms with Gasteiger partial charge in [-0.15, -0.1) is 0 Å². The van der Waals surface area contributed by atoms with Gasteiger partial charge < -0.3 is 14.2 Å². The van der Waals surface area contributed by atoms with Crippen molar-refractivity contribution in [3.05, 3.63) is 97.2 Å². The number of esters is 3. The van der Waals surface area contributed by atoms with E-state index < -0.39 is 6.10 Å². The summed E-state index contributed by atoms with van der Waals surface area (Å²) >= 11 is 0. The van der Waals surface area contributed by atoms with Gasteiger partial charge in [-0.2, -0.15) is 0 Å². The molecule has 0 saturated heterocycles. The molecule has 0 spiro atoms. The summed E-state index contributed by atoms with van der Waals surface area (Å²) in [6, 6.07) is 0. The largest absolute Gasteiger partial charge is 0.462 e. The Morgan fingerprint density at radius 2 is 0.476 bits per heavy atom. The molecule has 6 heteroatoms. The zero-order valence-electron chi connectivity index (χ0n) is 54.2. The van der Waals surface area contributed by atoms with Crippen LogP contribution in [0.15, 0.2) is 97.2 Å². The number of hydrogen-bond donors (Lipinski definition) is 0. The number of ether oxygens (including phenoxy) is 3. The minimum absolute atomic E-state index is 0.0784. The first-order valence-electron chi connectivity index (χ1n) is 35.2. The molecule has 0 bridgehead atoms. The van der Waals surface area contributed by atoms with Gasteiger partial charge >= 0.3 is 17.9 Å². The first-order valence-corrected chi connectivity index (χ1v) is 35.2. The van der Waals surface area contributed by atoms with E-state index in [1.807, 2.05) is 0 Å². The van der Waals surface area contributed by atoms with Crippen molar-refractivity contribution in [1.29, 1.82) is 0 Å². The van der Waals surface area contributed by atoms with Gasteiger partial charge in [0.05, 0.1) is 0 Å². The second-order valence-electron chi connectivity index (χ2n) is 23.4.